The van der Waals surface area contributed by atoms with E-state index in [1.54, 1.807) is 18.9 Å². The molecule has 0 aliphatic heterocycles. The number of pyridine rings is 1. The zero-order valence-corrected chi connectivity index (χ0v) is 12.7. The minimum atomic E-state index is 0.890. The molecule has 1 heterocycles. The number of aromatic nitrogens is 1. The molecule has 1 aromatic carbocycles. The van der Waals surface area contributed by atoms with E-state index in [4.69, 9.17) is 4.74 Å². The number of methoxy groups -OCH3 is 1. The Labute approximate surface area is 124 Å². The third-order valence-corrected chi connectivity index (χ3v) is 3.95. The first-order chi connectivity index (χ1) is 9.83. The van der Waals surface area contributed by atoms with Crippen LogP contribution in [-0.4, -0.2) is 18.6 Å². The van der Waals surface area contributed by atoms with Gasteiger partial charge in [0, 0.05) is 29.0 Å². The fourth-order valence-electron chi connectivity index (χ4n) is 1.79. The molecule has 0 fully saturated rings. The van der Waals surface area contributed by atoms with E-state index >= 15 is 0 Å². The van der Waals surface area contributed by atoms with Crippen molar-refractivity contribution < 1.29 is 4.74 Å². The summed E-state index contributed by atoms with van der Waals surface area (Å²) >= 11 is 1.80. The van der Waals surface area contributed by atoms with E-state index in [-0.39, 0.29) is 0 Å². The van der Waals surface area contributed by atoms with Crippen molar-refractivity contribution in [3.63, 3.8) is 0 Å². The van der Waals surface area contributed by atoms with Gasteiger partial charge in [0.05, 0.1) is 7.11 Å². The van der Waals surface area contributed by atoms with Crippen LogP contribution in [0.3, 0.4) is 0 Å². The van der Waals surface area contributed by atoms with Crippen molar-refractivity contribution in [1.29, 1.82) is 0 Å². The van der Waals surface area contributed by atoms with E-state index in [0.29, 0.717) is 0 Å². The van der Waals surface area contributed by atoms with Gasteiger partial charge in [0.2, 0.25) is 0 Å². The van der Waals surface area contributed by atoms with Crippen molar-refractivity contribution in [3.8, 4) is 5.75 Å². The molecule has 0 aliphatic carbocycles. The van der Waals surface area contributed by atoms with Crippen LogP contribution in [0.4, 0.5) is 5.82 Å². The molecule has 0 spiro atoms. The first-order valence-corrected chi connectivity index (χ1v) is 7.76. The zero-order valence-electron chi connectivity index (χ0n) is 11.9. The second-order valence-corrected chi connectivity index (χ2v) is 5.45. The Morgan fingerprint density at radius 3 is 2.70 bits per heavy atom. The summed E-state index contributed by atoms with van der Waals surface area (Å²) in [6, 6.07) is 12.3. The van der Waals surface area contributed by atoms with E-state index in [1.807, 2.05) is 24.4 Å². The van der Waals surface area contributed by atoms with Gasteiger partial charge in [0.25, 0.3) is 0 Å². The monoisotopic (exact) mass is 288 g/mol. The molecule has 1 aromatic heterocycles. The Hall–Kier alpha value is -1.68. The van der Waals surface area contributed by atoms with Gasteiger partial charge in [0.1, 0.15) is 11.6 Å². The highest BCUT2D eigenvalue weighted by Crippen LogP contribution is 2.27. The molecule has 0 saturated carbocycles. The van der Waals surface area contributed by atoms with Crippen LogP contribution < -0.4 is 10.1 Å². The number of thioether (sulfide) groups is 1. The number of nitrogens with one attached hydrogen (secondary N) is 1. The van der Waals surface area contributed by atoms with Gasteiger partial charge >= 0.3 is 0 Å². The first kappa shape index (κ1) is 14.7. The number of rotatable bonds is 7. The zero-order chi connectivity index (χ0) is 14.2. The molecule has 2 rings (SSSR count). The lowest BCUT2D eigenvalue weighted by Crippen LogP contribution is -2.04. The molecule has 0 aliphatic rings. The molecule has 4 heteroatoms. The van der Waals surface area contributed by atoms with Crippen LogP contribution in [0.15, 0.2) is 47.5 Å². The quantitative estimate of drug-likeness (QED) is 0.774. The molecular formula is C16H20N2OS. The second kappa shape index (κ2) is 7.80. The van der Waals surface area contributed by atoms with Gasteiger partial charge in [-0.15, -0.1) is 11.8 Å². The highest BCUT2D eigenvalue weighted by molar-refractivity contribution is 7.98. The van der Waals surface area contributed by atoms with Crippen LogP contribution in [0, 0.1) is 0 Å². The first-order valence-electron chi connectivity index (χ1n) is 6.78. The number of hydrogen-bond acceptors (Lipinski definition) is 4. The van der Waals surface area contributed by atoms with Crippen LogP contribution >= 0.6 is 11.8 Å². The Kier molecular flexibility index (Phi) is 5.74. The maximum absolute atomic E-state index is 5.17. The topological polar surface area (TPSA) is 34.2 Å². The van der Waals surface area contributed by atoms with Crippen molar-refractivity contribution >= 4 is 17.6 Å². The summed E-state index contributed by atoms with van der Waals surface area (Å²) in [5, 5.41) is 3.37. The predicted octanol–water partition coefficient (Wildman–Crippen LogP) is 4.20. The highest BCUT2D eigenvalue weighted by atomic mass is 32.2. The number of anilines is 1. The van der Waals surface area contributed by atoms with E-state index < -0.39 is 0 Å². The molecule has 0 bridgehead atoms. The molecule has 3 nitrogen and oxygen atoms in total. The van der Waals surface area contributed by atoms with E-state index in [9.17, 15) is 0 Å². The van der Waals surface area contributed by atoms with Crippen LogP contribution in [-0.2, 0) is 5.75 Å². The summed E-state index contributed by atoms with van der Waals surface area (Å²) in [5.41, 5.74) is 1.24. The summed E-state index contributed by atoms with van der Waals surface area (Å²) in [6.45, 7) is 3.11. The normalized spacial score (nSPS) is 10.3. The molecule has 0 atom stereocenters. The van der Waals surface area contributed by atoms with Gasteiger partial charge in [-0.2, -0.15) is 0 Å². The van der Waals surface area contributed by atoms with E-state index in [0.717, 1.165) is 30.3 Å². The van der Waals surface area contributed by atoms with Gasteiger partial charge in [-0.1, -0.05) is 13.0 Å². The fraction of sp³-hybridized carbons (Fsp3) is 0.312. The summed E-state index contributed by atoms with van der Waals surface area (Å²) in [5.74, 6) is 2.79. The average Bonchev–Trinajstić information content (AvgIpc) is 2.52. The number of benzene rings is 1. The Morgan fingerprint density at radius 1 is 1.20 bits per heavy atom. The van der Waals surface area contributed by atoms with Gasteiger partial charge in [0.15, 0.2) is 0 Å². The van der Waals surface area contributed by atoms with Crippen LogP contribution in [0.5, 0.6) is 5.75 Å². The lowest BCUT2D eigenvalue weighted by molar-refractivity contribution is 0.414. The van der Waals surface area contributed by atoms with Crippen LogP contribution in [0.25, 0.3) is 0 Å². The summed E-state index contributed by atoms with van der Waals surface area (Å²) in [7, 11) is 1.68. The highest BCUT2D eigenvalue weighted by Gasteiger charge is 2.03. The van der Waals surface area contributed by atoms with Crippen molar-refractivity contribution in [2.75, 3.05) is 19.0 Å². The van der Waals surface area contributed by atoms with Crippen molar-refractivity contribution in [2.24, 2.45) is 0 Å². The van der Waals surface area contributed by atoms with Gasteiger partial charge < -0.3 is 10.1 Å². The van der Waals surface area contributed by atoms with Crippen molar-refractivity contribution in [3.05, 3.63) is 48.2 Å². The largest absolute Gasteiger partial charge is 0.497 e. The van der Waals surface area contributed by atoms with Crippen molar-refractivity contribution in [2.45, 2.75) is 24.0 Å². The lowest BCUT2D eigenvalue weighted by Gasteiger charge is -2.10. The van der Waals surface area contributed by atoms with Crippen LogP contribution in [0.2, 0.25) is 0 Å². The fourth-order valence-corrected chi connectivity index (χ4v) is 2.67. The van der Waals surface area contributed by atoms with Crippen LogP contribution in [0.1, 0.15) is 18.9 Å². The summed E-state index contributed by atoms with van der Waals surface area (Å²) in [4.78, 5) is 5.64. The molecule has 0 amide bonds. The van der Waals surface area contributed by atoms with E-state index in [1.165, 1.54) is 10.5 Å². The van der Waals surface area contributed by atoms with E-state index in [2.05, 4.69) is 35.4 Å². The van der Waals surface area contributed by atoms with Gasteiger partial charge in [-0.3, -0.25) is 0 Å². The number of hydrogen-bond donors (Lipinski definition) is 1. The van der Waals surface area contributed by atoms with Gasteiger partial charge in [-0.25, -0.2) is 4.98 Å². The van der Waals surface area contributed by atoms with Crippen molar-refractivity contribution in [1.82, 2.24) is 4.98 Å². The molecule has 0 saturated heterocycles. The third kappa shape index (κ3) is 4.17. The Balaban J connectivity index is 1.98. The maximum atomic E-state index is 5.17. The smallest absolute Gasteiger partial charge is 0.129 e. The molecule has 1 N–H and O–H groups in total. The minimum absolute atomic E-state index is 0.890. The molecule has 2 aromatic rings. The summed E-state index contributed by atoms with van der Waals surface area (Å²) in [6.07, 6.45) is 2.93. The predicted molar refractivity (Wildman–Crippen MR) is 85.6 cm³/mol. The average molecular weight is 288 g/mol. The maximum Gasteiger partial charge on any atom is 0.129 e. The Morgan fingerprint density at radius 2 is 2.00 bits per heavy atom. The SMILES string of the molecule is CCCNc1ncccc1CSc1ccc(OC)cc1. The molecular weight excluding hydrogens is 268 g/mol. The third-order valence-electron chi connectivity index (χ3n) is 2.89. The second-order valence-electron chi connectivity index (χ2n) is 4.40. The number of nitrogens with zero attached hydrogens (tertiary/aromatic N) is 1. The summed E-state index contributed by atoms with van der Waals surface area (Å²) < 4.78 is 5.17. The lowest BCUT2D eigenvalue weighted by atomic mass is 10.3. The molecule has 20 heavy (non-hydrogen) atoms. The molecule has 106 valence electrons. The Bertz CT molecular complexity index is 528. The standard InChI is InChI=1S/C16H20N2OS/c1-3-10-17-16-13(5-4-11-18-16)12-20-15-8-6-14(19-2)7-9-15/h4-9,11H,3,10,12H2,1-2H3,(H,17,18). The minimum Gasteiger partial charge on any atom is -0.497 e. The van der Waals surface area contributed by atoms with Gasteiger partial charge in [-0.05, 0) is 36.8 Å². The molecule has 0 unspecified atom stereocenters. The molecule has 0 radical (unpaired) electrons. The number of ether oxygens (including phenoxy) is 1.